The molecule has 4 nitrogen and oxygen atoms in total. The molecule has 0 aromatic heterocycles. The Hall–Kier alpha value is -3.54. The van der Waals surface area contributed by atoms with Gasteiger partial charge in [0.2, 0.25) is 0 Å². The van der Waals surface area contributed by atoms with Gasteiger partial charge in [-0.05, 0) is 134 Å². The largest absolute Gasteiger partial charge is 0.312 e. The average molecular weight is 557 g/mol. The first kappa shape index (κ1) is 27.3. The second kappa shape index (κ2) is 8.52. The van der Waals surface area contributed by atoms with Crippen molar-refractivity contribution >= 4 is 21.5 Å². The Morgan fingerprint density at radius 3 is 1.00 bits per heavy atom. The Morgan fingerprint density at radius 1 is 0.405 bits per heavy atom. The van der Waals surface area contributed by atoms with Crippen LogP contribution in [0, 0.1) is 0 Å². The molecular weight excluding hydrogens is 516 g/mol. The van der Waals surface area contributed by atoms with Crippen molar-refractivity contribution in [2.75, 3.05) is 0 Å². The van der Waals surface area contributed by atoms with Gasteiger partial charge >= 0.3 is 0 Å². The fourth-order valence-electron chi connectivity index (χ4n) is 8.08. The summed E-state index contributed by atoms with van der Waals surface area (Å²) in [7, 11) is 0. The lowest BCUT2D eigenvalue weighted by Crippen LogP contribution is -2.42. The summed E-state index contributed by atoms with van der Waals surface area (Å²) in [5.41, 5.74) is 7.40. The second-order valence-electron chi connectivity index (χ2n) is 14.2. The molecule has 5 aromatic carbocycles. The summed E-state index contributed by atoms with van der Waals surface area (Å²) in [5.74, 6) is 0. The molecule has 7 rings (SSSR count). The molecule has 2 aliphatic rings. The van der Waals surface area contributed by atoms with Crippen molar-refractivity contribution in [3.8, 4) is 22.3 Å². The zero-order chi connectivity index (χ0) is 30.0. The van der Waals surface area contributed by atoms with Crippen LogP contribution in [0.2, 0.25) is 0 Å². The fourth-order valence-corrected chi connectivity index (χ4v) is 8.08. The van der Waals surface area contributed by atoms with E-state index in [0.29, 0.717) is 0 Å². The molecule has 4 heteroatoms. The minimum atomic E-state index is -0.508. The van der Waals surface area contributed by atoms with Crippen LogP contribution in [0.3, 0.4) is 0 Å². The van der Waals surface area contributed by atoms with Crippen molar-refractivity contribution in [1.82, 2.24) is 10.1 Å². The molecule has 0 aliphatic carbocycles. The molecule has 0 amide bonds. The number of rotatable bonds is 2. The summed E-state index contributed by atoms with van der Waals surface area (Å²) in [4.78, 5) is 0. The second-order valence-corrected chi connectivity index (χ2v) is 14.2. The van der Waals surface area contributed by atoms with Gasteiger partial charge in [-0.3, -0.25) is 0 Å². The zero-order valence-electron chi connectivity index (χ0n) is 25.9. The Bertz CT molecular complexity index is 1740. The van der Waals surface area contributed by atoms with E-state index in [9.17, 15) is 10.4 Å². The van der Waals surface area contributed by atoms with E-state index in [1.54, 1.807) is 0 Å². The maximum Gasteiger partial charge on any atom is 0.0666 e. The summed E-state index contributed by atoms with van der Waals surface area (Å²) in [6.45, 7) is 16.7. The predicted molar refractivity (Wildman–Crippen MR) is 172 cm³/mol. The van der Waals surface area contributed by atoms with E-state index in [-0.39, 0.29) is 0 Å². The van der Waals surface area contributed by atoms with E-state index >= 15 is 0 Å². The summed E-state index contributed by atoms with van der Waals surface area (Å²) < 4.78 is 0. The molecule has 0 saturated heterocycles. The third-order valence-electron chi connectivity index (χ3n) is 10.3. The SMILES string of the molecule is CC1(C)c2ccc(-c3c4ccccc4c(-c4ccc5c(c4)C(C)(C)N(O)C5(C)C)c4ccccc34)cc2C(C)(C)N1O. The number of hydrogen-bond donors (Lipinski definition) is 2. The molecule has 2 heterocycles. The molecule has 0 fully saturated rings. The Morgan fingerprint density at radius 2 is 0.690 bits per heavy atom. The molecular formula is C38H40N2O2. The molecule has 0 atom stereocenters. The Labute approximate surface area is 248 Å². The van der Waals surface area contributed by atoms with Crippen molar-refractivity contribution < 1.29 is 10.4 Å². The van der Waals surface area contributed by atoms with Crippen LogP contribution in [0.15, 0.2) is 84.9 Å². The van der Waals surface area contributed by atoms with Gasteiger partial charge in [0.15, 0.2) is 0 Å². The van der Waals surface area contributed by atoms with Gasteiger partial charge in [-0.15, -0.1) is 0 Å². The van der Waals surface area contributed by atoms with E-state index in [1.165, 1.54) is 42.8 Å². The van der Waals surface area contributed by atoms with Crippen LogP contribution in [-0.4, -0.2) is 20.5 Å². The lowest BCUT2D eigenvalue weighted by Gasteiger charge is -2.34. The van der Waals surface area contributed by atoms with Crippen LogP contribution in [0.25, 0.3) is 43.8 Å². The maximum atomic E-state index is 11.1. The Kier molecular flexibility index (Phi) is 5.54. The first-order valence-corrected chi connectivity index (χ1v) is 14.9. The topological polar surface area (TPSA) is 46.9 Å². The number of hydrogen-bond acceptors (Lipinski definition) is 4. The molecule has 0 bridgehead atoms. The van der Waals surface area contributed by atoms with Crippen LogP contribution < -0.4 is 0 Å². The first-order chi connectivity index (χ1) is 19.7. The third-order valence-corrected chi connectivity index (χ3v) is 10.3. The van der Waals surface area contributed by atoms with E-state index in [4.69, 9.17) is 0 Å². The minimum Gasteiger partial charge on any atom is -0.312 e. The molecule has 2 aliphatic heterocycles. The predicted octanol–water partition coefficient (Wildman–Crippen LogP) is 9.68. The van der Waals surface area contributed by atoms with E-state index in [2.05, 4.69) is 140 Å². The molecule has 0 spiro atoms. The minimum absolute atomic E-state index is 0.467. The van der Waals surface area contributed by atoms with Gasteiger partial charge in [-0.1, -0.05) is 72.8 Å². The Balaban J connectivity index is 1.53. The van der Waals surface area contributed by atoms with Crippen molar-refractivity contribution in [2.24, 2.45) is 0 Å². The summed E-state index contributed by atoms with van der Waals surface area (Å²) >= 11 is 0. The normalized spacial score (nSPS) is 20.2. The molecule has 0 unspecified atom stereocenters. The van der Waals surface area contributed by atoms with Crippen LogP contribution >= 0.6 is 0 Å². The molecule has 5 aromatic rings. The van der Waals surface area contributed by atoms with Gasteiger partial charge in [-0.2, -0.15) is 10.1 Å². The van der Waals surface area contributed by atoms with E-state index in [1.807, 2.05) is 0 Å². The zero-order valence-corrected chi connectivity index (χ0v) is 25.9. The summed E-state index contributed by atoms with van der Waals surface area (Å²) in [6.07, 6.45) is 0. The van der Waals surface area contributed by atoms with Crippen LogP contribution in [0.5, 0.6) is 0 Å². The number of benzene rings is 5. The van der Waals surface area contributed by atoms with Gasteiger partial charge in [0.1, 0.15) is 0 Å². The van der Waals surface area contributed by atoms with Crippen LogP contribution in [0.1, 0.15) is 77.6 Å². The van der Waals surface area contributed by atoms with Crippen molar-refractivity contribution in [2.45, 2.75) is 77.5 Å². The number of nitrogens with zero attached hydrogens (tertiary/aromatic N) is 2. The monoisotopic (exact) mass is 556 g/mol. The lowest BCUT2D eigenvalue weighted by molar-refractivity contribution is -0.216. The molecule has 42 heavy (non-hydrogen) atoms. The third kappa shape index (κ3) is 3.38. The van der Waals surface area contributed by atoms with E-state index in [0.717, 1.165) is 33.4 Å². The average Bonchev–Trinajstić information content (AvgIpc) is 3.19. The quantitative estimate of drug-likeness (QED) is 0.213. The molecule has 2 N–H and O–H groups in total. The maximum absolute atomic E-state index is 11.1. The first-order valence-electron chi connectivity index (χ1n) is 14.9. The van der Waals surface area contributed by atoms with E-state index < -0.39 is 22.2 Å². The van der Waals surface area contributed by atoms with Gasteiger partial charge in [0.25, 0.3) is 0 Å². The van der Waals surface area contributed by atoms with Crippen molar-refractivity contribution in [3.05, 3.63) is 107 Å². The van der Waals surface area contributed by atoms with Gasteiger partial charge in [0, 0.05) is 0 Å². The standard InChI is InChI=1S/C38H40N2O2/c1-35(2)29-19-17-23(21-31(29)37(5,6)39(35)41)33-25-13-9-11-15-27(25)34(28-16-12-10-14-26(28)33)24-18-20-30-32(22-24)38(7,8)40(42)36(30,3)4/h9-22,41-42H,1-8H3. The van der Waals surface area contributed by atoms with Crippen LogP contribution in [-0.2, 0) is 22.2 Å². The lowest BCUT2D eigenvalue weighted by atomic mass is 9.82. The highest BCUT2D eigenvalue weighted by atomic mass is 16.5. The fraction of sp³-hybridized carbons (Fsp3) is 0.316. The summed E-state index contributed by atoms with van der Waals surface area (Å²) in [6, 6.07) is 30.8. The number of fused-ring (bicyclic) bond motifs is 4. The van der Waals surface area contributed by atoms with Gasteiger partial charge in [-0.25, -0.2) is 0 Å². The highest BCUT2D eigenvalue weighted by Gasteiger charge is 2.50. The smallest absolute Gasteiger partial charge is 0.0666 e. The van der Waals surface area contributed by atoms with Crippen molar-refractivity contribution in [1.29, 1.82) is 0 Å². The molecule has 214 valence electrons. The van der Waals surface area contributed by atoms with Gasteiger partial charge < -0.3 is 10.4 Å². The molecule has 0 radical (unpaired) electrons. The van der Waals surface area contributed by atoms with Crippen LogP contribution in [0.4, 0.5) is 0 Å². The van der Waals surface area contributed by atoms with Crippen molar-refractivity contribution in [3.63, 3.8) is 0 Å². The highest BCUT2D eigenvalue weighted by Crippen LogP contribution is 2.52. The highest BCUT2D eigenvalue weighted by molar-refractivity contribution is 6.21. The summed E-state index contributed by atoms with van der Waals surface area (Å²) in [5, 5.41) is 30.1. The molecule has 0 saturated carbocycles. The number of hydroxylamine groups is 4. The van der Waals surface area contributed by atoms with Gasteiger partial charge in [0.05, 0.1) is 22.2 Å².